The fourth-order valence-electron chi connectivity index (χ4n) is 2.39. The van der Waals surface area contributed by atoms with Crippen molar-refractivity contribution in [1.82, 2.24) is 4.98 Å². The summed E-state index contributed by atoms with van der Waals surface area (Å²) < 4.78 is 15.9. The Morgan fingerprint density at radius 3 is 2.57 bits per heavy atom. The van der Waals surface area contributed by atoms with Crippen molar-refractivity contribution in [3.63, 3.8) is 0 Å². The minimum Gasteiger partial charge on any atom is -0.493 e. The largest absolute Gasteiger partial charge is 0.493 e. The number of methoxy groups -OCH3 is 2. The third-order valence-electron chi connectivity index (χ3n) is 3.78. The van der Waals surface area contributed by atoms with Crippen molar-refractivity contribution < 1.29 is 19.0 Å². The fraction of sp³-hybridized carbons (Fsp3) is 0.150. The van der Waals surface area contributed by atoms with Crippen molar-refractivity contribution in [2.45, 2.75) is 0 Å². The lowest BCUT2D eigenvalue weighted by molar-refractivity contribution is -0.118. The number of rotatable bonds is 7. The van der Waals surface area contributed by atoms with Crippen LogP contribution in [0.3, 0.4) is 0 Å². The molecule has 0 radical (unpaired) electrons. The van der Waals surface area contributed by atoms with Crippen LogP contribution in [0.15, 0.2) is 47.8 Å². The third kappa shape index (κ3) is 4.58. The van der Waals surface area contributed by atoms with Crippen LogP contribution in [0, 0.1) is 11.3 Å². The minimum absolute atomic E-state index is 0.156. The molecule has 1 aromatic heterocycles. The molecule has 0 aliphatic heterocycles. The summed E-state index contributed by atoms with van der Waals surface area (Å²) in [5.41, 5.74) is 2.10. The van der Waals surface area contributed by atoms with E-state index in [2.05, 4.69) is 10.3 Å². The Morgan fingerprint density at radius 2 is 1.89 bits per heavy atom. The number of nitrogens with zero attached hydrogens (tertiary/aromatic N) is 2. The maximum absolute atomic E-state index is 12.1. The molecule has 0 aliphatic rings. The smallest absolute Gasteiger partial charge is 0.264 e. The standard InChI is InChI=1S/C20H17N3O4S/c1-25-17-8-5-14(9-18(17)26-2)16-12-28-20(22-16)23-19(24)11-27-15-6-3-13(10-21)4-7-15/h3-9,12H,11H2,1-2H3,(H,22,23,24). The summed E-state index contributed by atoms with van der Waals surface area (Å²) in [7, 11) is 3.15. The van der Waals surface area contributed by atoms with Gasteiger partial charge in [0.05, 0.1) is 31.5 Å². The molecular formula is C20H17N3O4S. The molecule has 0 bridgehead atoms. The summed E-state index contributed by atoms with van der Waals surface area (Å²) in [6.07, 6.45) is 0. The fourth-order valence-corrected chi connectivity index (χ4v) is 3.13. The number of anilines is 1. The maximum atomic E-state index is 12.1. The van der Waals surface area contributed by atoms with Crippen LogP contribution in [0.2, 0.25) is 0 Å². The third-order valence-corrected chi connectivity index (χ3v) is 4.54. The Balaban J connectivity index is 1.60. The van der Waals surface area contributed by atoms with Gasteiger partial charge in [0.2, 0.25) is 0 Å². The van der Waals surface area contributed by atoms with Crippen molar-refractivity contribution in [1.29, 1.82) is 5.26 Å². The maximum Gasteiger partial charge on any atom is 0.264 e. The van der Waals surface area contributed by atoms with E-state index >= 15 is 0 Å². The van der Waals surface area contributed by atoms with Gasteiger partial charge in [0, 0.05) is 10.9 Å². The van der Waals surface area contributed by atoms with Crippen molar-refractivity contribution in [3.8, 4) is 34.6 Å². The molecule has 0 atom stereocenters. The van der Waals surface area contributed by atoms with Gasteiger partial charge < -0.3 is 14.2 Å². The molecular weight excluding hydrogens is 378 g/mol. The molecule has 28 heavy (non-hydrogen) atoms. The van der Waals surface area contributed by atoms with E-state index in [4.69, 9.17) is 19.5 Å². The Labute approximate surface area is 166 Å². The summed E-state index contributed by atoms with van der Waals surface area (Å²) in [5, 5.41) is 13.8. The number of hydrogen-bond acceptors (Lipinski definition) is 7. The normalized spacial score (nSPS) is 10.0. The lowest BCUT2D eigenvalue weighted by Gasteiger charge is -2.08. The Morgan fingerprint density at radius 1 is 1.14 bits per heavy atom. The molecule has 0 saturated carbocycles. The van der Waals surface area contributed by atoms with Gasteiger partial charge in [-0.25, -0.2) is 4.98 Å². The van der Waals surface area contributed by atoms with E-state index in [1.807, 2.05) is 23.6 Å². The number of benzene rings is 2. The predicted molar refractivity (Wildman–Crippen MR) is 106 cm³/mol. The van der Waals surface area contributed by atoms with E-state index in [-0.39, 0.29) is 12.5 Å². The number of nitrogens with one attached hydrogen (secondary N) is 1. The molecule has 1 heterocycles. The highest BCUT2D eigenvalue weighted by Crippen LogP contribution is 2.33. The first-order chi connectivity index (χ1) is 13.6. The molecule has 0 saturated heterocycles. The molecule has 0 fully saturated rings. The molecule has 3 aromatic rings. The highest BCUT2D eigenvalue weighted by Gasteiger charge is 2.11. The number of aromatic nitrogens is 1. The molecule has 1 N–H and O–H groups in total. The van der Waals surface area contributed by atoms with Crippen molar-refractivity contribution in [2.24, 2.45) is 0 Å². The summed E-state index contributed by atoms with van der Waals surface area (Å²) >= 11 is 1.32. The van der Waals surface area contributed by atoms with E-state index in [9.17, 15) is 4.79 Å². The number of hydrogen-bond donors (Lipinski definition) is 1. The predicted octanol–water partition coefficient (Wildman–Crippen LogP) is 3.72. The number of amides is 1. The minimum atomic E-state index is -0.322. The zero-order valence-electron chi connectivity index (χ0n) is 15.3. The number of carbonyl (C=O) groups excluding carboxylic acids is 1. The van der Waals surface area contributed by atoms with Crippen molar-refractivity contribution >= 4 is 22.4 Å². The van der Waals surface area contributed by atoms with Crippen LogP contribution in [0.1, 0.15) is 5.56 Å². The Hall–Kier alpha value is -3.57. The van der Waals surface area contributed by atoms with Crippen LogP contribution in [0.25, 0.3) is 11.3 Å². The van der Waals surface area contributed by atoms with Crippen LogP contribution >= 0.6 is 11.3 Å². The van der Waals surface area contributed by atoms with Crippen LogP contribution in [0.5, 0.6) is 17.2 Å². The second-order valence-corrected chi connectivity index (χ2v) is 6.44. The van der Waals surface area contributed by atoms with Gasteiger partial charge in [0.1, 0.15) is 5.75 Å². The summed E-state index contributed by atoms with van der Waals surface area (Å²) in [5.74, 6) is 1.43. The summed E-state index contributed by atoms with van der Waals surface area (Å²) in [4.78, 5) is 16.5. The number of ether oxygens (including phenoxy) is 3. The van der Waals surface area contributed by atoms with Gasteiger partial charge in [-0.2, -0.15) is 5.26 Å². The lowest BCUT2D eigenvalue weighted by Crippen LogP contribution is -2.20. The average Bonchev–Trinajstić information content (AvgIpc) is 3.20. The van der Waals surface area contributed by atoms with Crippen LogP contribution in [-0.4, -0.2) is 31.7 Å². The zero-order valence-corrected chi connectivity index (χ0v) is 16.1. The van der Waals surface area contributed by atoms with Gasteiger partial charge in [-0.15, -0.1) is 11.3 Å². The summed E-state index contributed by atoms with van der Waals surface area (Å²) in [6, 6.07) is 14.1. The molecule has 0 unspecified atom stereocenters. The molecule has 142 valence electrons. The number of carbonyl (C=O) groups is 1. The van der Waals surface area contributed by atoms with Crippen LogP contribution in [-0.2, 0) is 4.79 Å². The summed E-state index contributed by atoms with van der Waals surface area (Å²) in [6.45, 7) is -0.156. The van der Waals surface area contributed by atoms with E-state index in [1.54, 1.807) is 44.6 Å². The topological polar surface area (TPSA) is 93.5 Å². The van der Waals surface area contributed by atoms with Gasteiger partial charge in [0.25, 0.3) is 5.91 Å². The van der Waals surface area contributed by atoms with E-state index in [1.165, 1.54) is 11.3 Å². The Kier molecular flexibility index (Phi) is 6.09. The molecule has 8 heteroatoms. The van der Waals surface area contributed by atoms with Gasteiger partial charge in [-0.1, -0.05) is 0 Å². The number of nitriles is 1. The molecule has 0 spiro atoms. The van der Waals surface area contributed by atoms with Crippen molar-refractivity contribution in [2.75, 3.05) is 26.1 Å². The number of thiazole rings is 1. The van der Waals surface area contributed by atoms with E-state index in [0.717, 1.165) is 5.56 Å². The molecule has 3 rings (SSSR count). The quantitative estimate of drug-likeness (QED) is 0.655. The molecule has 7 nitrogen and oxygen atoms in total. The first-order valence-corrected chi connectivity index (χ1v) is 9.11. The monoisotopic (exact) mass is 395 g/mol. The van der Waals surface area contributed by atoms with E-state index in [0.29, 0.717) is 33.6 Å². The van der Waals surface area contributed by atoms with Crippen LogP contribution < -0.4 is 19.5 Å². The highest BCUT2D eigenvalue weighted by molar-refractivity contribution is 7.14. The second kappa shape index (κ2) is 8.88. The average molecular weight is 395 g/mol. The van der Waals surface area contributed by atoms with Crippen LogP contribution in [0.4, 0.5) is 5.13 Å². The van der Waals surface area contributed by atoms with Gasteiger partial charge in [-0.05, 0) is 42.5 Å². The highest BCUT2D eigenvalue weighted by atomic mass is 32.1. The van der Waals surface area contributed by atoms with Crippen molar-refractivity contribution in [3.05, 3.63) is 53.4 Å². The molecule has 2 aromatic carbocycles. The zero-order chi connectivity index (χ0) is 19.9. The first kappa shape index (κ1) is 19.2. The van der Waals surface area contributed by atoms with Gasteiger partial charge in [0.15, 0.2) is 23.2 Å². The SMILES string of the molecule is COc1ccc(-c2csc(NC(=O)COc3ccc(C#N)cc3)n2)cc1OC. The van der Waals surface area contributed by atoms with Gasteiger partial charge in [-0.3, -0.25) is 10.1 Å². The Bertz CT molecular complexity index is 1010. The second-order valence-electron chi connectivity index (χ2n) is 5.58. The molecule has 0 aliphatic carbocycles. The lowest BCUT2D eigenvalue weighted by atomic mass is 10.1. The first-order valence-electron chi connectivity index (χ1n) is 8.23. The van der Waals surface area contributed by atoms with Gasteiger partial charge >= 0.3 is 0 Å². The van der Waals surface area contributed by atoms with E-state index < -0.39 is 0 Å². The molecule has 1 amide bonds.